The van der Waals surface area contributed by atoms with Crippen molar-refractivity contribution in [3.8, 4) is 28.4 Å². The van der Waals surface area contributed by atoms with Crippen LogP contribution in [0, 0.1) is 35.5 Å². The topological polar surface area (TPSA) is 78.6 Å². The van der Waals surface area contributed by atoms with Gasteiger partial charge in [0.15, 0.2) is 17.0 Å². The molecule has 45 heavy (non-hydrogen) atoms. The van der Waals surface area contributed by atoms with E-state index in [4.69, 9.17) is 16.5 Å². The van der Waals surface area contributed by atoms with Crippen LogP contribution in [0.3, 0.4) is 0 Å². The molecule has 7 rings (SSSR count). The Kier molecular flexibility index (Phi) is 6.13. The molecular weight excluding hydrogens is 594 g/mol. The number of alkyl halides is 3. The monoisotopic (exact) mass is 606 g/mol. The van der Waals surface area contributed by atoms with Crippen LogP contribution >= 0.6 is 0 Å². The van der Waals surface area contributed by atoms with Gasteiger partial charge >= 0.3 is 6.18 Å². The summed E-state index contributed by atoms with van der Waals surface area (Å²) in [5.41, 5.74) is 1.09. The number of aromatic nitrogens is 2. The van der Waals surface area contributed by atoms with Crippen molar-refractivity contribution in [3.63, 3.8) is 0 Å². The predicted molar refractivity (Wildman–Crippen MR) is 154 cm³/mol. The maximum Gasteiger partial charge on any atom is 0.419 e. The summed E-state index contributed by atoms with van der Waals surface area (Å²) >= 11 is 0. The highest BCUT2D eigenvalue weighted by Gasteiger charge is 2.34. The molecule has 0 fully saturated rings. The van der Waals surface area contributed by atoms with Crippen molar-refractivity contribution >= 4 is 43.6 Å². The fourth-order valence-electron chi connectivity index (χ4n) is 5.56. The number of hydrogen-bond donors (Lipinski definition) is 0. The second-order valence-electron chi connectivity index (χ2n) is 10.1. The lowest BCUT2D eigenvalue weighted by molar-refractivity contribution is -0.139. The zero-order valence-corrected chi connectivity index (χ0v) is 22.4. The number of halogens is 6. The molecule has 0 spiro atoms. The second-order valence-corrected chi connectivity index (χ2v) is 10.1. The Morgan fingerprint density at radius 3 is 1.69 bits per heavy atom. The van der Waals surface area contributed by atoms with Crippen LogP contribution in [-0.2, 0) is 6.18 Å². The third kappa shape index (κ3) is 4.34. The molecule has 0 unspecified atom stereocenters. The molecule has 0 N–H and O–H groups in total. The number of fused-ring (bicyclic) bond motifs is 6. The van der Waals surface area contributed by atoms with E-state index >= 15 is 0 Å². The molecule has 0 amide bonds. The molecule has 0 bridgehead atoms. The molecule has 0 radical (unpaired) electrons. The Morgan fingerprint density at radius 2 is 1.13 bits per heavy atom. The summed E-state index contributed by atoms with van der Waals surface area (Å²) in [5.74, 6) is -3.41. The SMILES string of the molecule is [C-]#[N+]/N=c1\c2cc(-c3ccc(F)c(C(F)(F)F)c3)ccc2c2nc3/c(=N/C#N)c4cc(-c5ccc(F)c(F)c5)ccc4c3nc12. The standard InChI is InChI=1S/C33H12F6N6/c1-41-45-30-22-11-15(17-4-8-24(34)23(12-17)33(37,38)39)2-7-20(22)29-32(30)44-28-19-6-3-16(18-5-9-25(35)26(36)13-18)10-21(19)27(42-14-40)31(28)43-29/h2-13H/b42-27+,45-30+. The van der Waals surface area contributed by atoms with Crippen molar-refractivity contribution in [2.24, 2.45) is 10.1 Å². The molecule has 0 aliphatic rings. The summed E-state index contributed by atoms with van der Waals surface area (Å²) in [5, 5.41) is 15.7. The lowest BCUT2D eigenvalue weighted by Crippen LogP contribution is -2.08. The van der Waals surface area contributed by atoms with Gasteiger partial charge in [-0.2, -0.15) is 30.0 Å². The molecule has 1 aromatic heterocycles. The highest BCUT2D eigenvalue weighted by atomic mass is 19.4. The molecule has 7 aromatic rings. The van der Waals surface area contributed by atoms with Gasteiger partial charge in [-0.05, 0) is 58.7 Å². The van der Waals surface area contributed by atoms with Gasteiger partial charge < -0.3 is 0 Å². The van der Waals surface area contributed by atoms with E-state index in [9.17, 15) is 31.6 Å². The van der Waals surface area contributed by atoms with Gasteiger partial charge in [0, 0.05) is 21.5 Å². The minimum Gasteiger partial charge on any atom is -0.241 e. The highest BCUT2D eigenvalue weighted by molar-refractivity contribution is 6.15. The lowest BCUT2D eigenvalue weighted by Gasteiger charge is -2.10. The van der Waals surface area contributed by atoms with Crippen LogP contribution < -0.4 is 10.7 Å². The van der Waals surface area contributed by atoms with E-state index in [1.54, 1.807) is 36.5 Å². The van der Waals surface area contributed by atoms with Gasteiger partial charge in [-0.3, -0.25) is 0 Å². The zero-order chi connectivity index (χ0) is 31.6. The molecule has 216 valence electrons. The fourth-order valence-corrected chi connectivity index (χ4v) is 5.56. The Morgan fingerprint density at radius 1 is 0.622 bits per heavy atom. The van der Waals surface area contributed by atoms with Crippen molar-refractivity contribution in [2.45, 2.75) is 6.18 Å². The largest absolute Gasteiger partial charge is 0.419 e. The summed E-state index contributed by atoms with van der Waals surface area (Å²) in [6.45, 7) is 7.40. The molecule has 0 aliphatic heterocycles. The zero-order valence-electron chi connectivity index (χ0n) is 22.4. The van der Waals surface area contributed by atoms with Gasteiger partial charge in [0.1, 0.15) is 22.2 Å². The Labute approximate surface area is 248 Å². The van der Waals surface area contributed by atoms with E-state index in [0.29, 0.717) is 55.3 Å². The minimum atomic E-state index is -4.90. The highest BCUT2D eigenvalue weighted by Crippen LogP contribution is 2.36. The molecule has 0 atom stereocenters. The Bertz CT molecular complexity index is 2600. The number of benzene rings is 4. The molecule has 6 nitrogen and oxygen atoms in total. The first kappa shape index (κ1) is 27.7. The first-order chi connectivity index (χ1) is 21.6. The van der Waals surface area contributed by atoms with Crippen LogP contribution in [-0.4, -0.2) is 9.97 Å². The van der Waals surface area contributed by atoms with E-state index in [1.165, 1.54) is 18.2 Å². The van der Waals surface area contributed by atoms with E-state index in [-0.39, 0.29) is 27.3 Å². The lowest BCUT2D eigenvalue weighted by atomic mass is 10.0. The van der Waals surface area contributed by atoms with Crippen molar-refractivity contribution in [2.75, 3.05) is 0 Å². The maximum atomic E-state index is 14.0. The third-order valence-electron chi connectivity index (χ3n) is 7.57. The first-order valence-electron chi connectivity index (χ1n) is 13.0. The minimum absolute atomic E-state index is 0.0993. The van der Waals surface area contributed by atoms with Crippen molar-refractivity contribution in [1.82, 2.24) is 9.97 Å². The van der Waals surface area contributed by atoms with Gasteiger partial charge in [-0.15, -0.1) is 4.95 Å². The van der Waals surface area contributed by atoms with Gasteiger partial charge in [-0.25, -0.2) is 23.1 Å². The van der Waals surface area contributed by atoms with E-state index in [2.05, 4.69) is 15.0 Å². The van der Waals surface area contributed by atoms with Gasteiger partial charge in [0.25, 0.3) is 0 Å². The summed E-state index contributed by atoms with van der Waals surface area (Å²) < 4.78 is 81.6. The molecule has 0 saturated carbocycles. The van der Waals surface area contributed by atoms with Gasteiger partial charge in [-0.1, -0.05) is 36.4 Å². The second kappa shape index (κ2) is 9.96. The van der Waals surface area contributed by atoms with Crippen LogP contribution in [0.15, 0.2) is 82.9 Å². The summed E-state index contributed by atoms with van der Waals surface area (Å²) in [6.07, 6.45) is -3.13. The average molecular weight is 606 g/mol. The molecule has 6 aromatic carbocycles. The van der Waals surface area contributed by atoms with Crippen LogP contribution in [0.4, 0.5) is 26.3 Å². The van der Waals surface area contributed by atoms with E-state index in [0.717, 1.165) is 18.2 Å². The predicted octanol–water partition coefficient (Wildman–Crippen LogP) is 7.85. The van der Waals surface area contributed by atoms with Gasteiger partial charge in [0.2, 0.25) is 6.19 Å². The average Bonchev–Trinajstić information content (AvgIpc) is 3.48. The quantitative estimate of drug-likeness (QED) is 0.0871. The molecule has 1 heterocycles. The summed E-state index contributed by atoms with van der Waals surface area (Å²) in [4.78, 5) is 16.7. The molecule has 0 saturated heterocycles. The van der Waals surface area contributed by atoms with Crippen LogP contribution in [0.2, 0.25) is 0 Å². The maximum absolute atomic E-state index is 14.0. The first-order valence-corrected chi connectivity index (χ1v) is 13.0. The summed E-state index contributed by atoms with van der Waals surface area (Å²) in [7, 11) is 0. The van der Waals surface area contributed by atoms with Crippen molar-refractivity contribution in [1.29, 1.82) is 5.26 Å². The van der Waals surface area contributed by atoms with E-state index < -0.39 is 29.2 Å². The molecule has 0 aliphatic carbocycles. The third-order valence-corrected chi connectivity index (χ3v) is 7.57. The summed E-state index contributed by atoms with van der Waals surface area (Å²) in [6, 6.07) is 15.9. The van der Waals surface area contributed by atoms with E-state index in [1.807, 2.05) is 0 Å². The molecular formula is C33H12F6N6. The van der Waals surface area contributed by atoms with Crippen molar-refractivity contribution in [3.05, 3.63) is 118 Å². The number of nitrogens with zero attached hydrogens (tertiary/aromatic N) is 6. The fraction of sp³-hybridized carbons (Fsp3) is 0.0303. The van der Waals surface area contributed by atoms with Crippen LogP contribution in [0.5, 0.6) is 0 Å². The Hall–Kier alpha value is -6.14. The van der Waals surface area contributed by atoms with Crippen LogP contribution in [0.1, 0.15) is 5.56 Å². The number of hydrogen-bond acceptors (Lipinski definition) is 5. The van der Waals surface area contributed by atoms with Gasteiger partial charge in [0.05, 0.1) is 21.7 Å². The Balaban J connectivity index is 1.50. The number of nitriles is 1. The van der Waals surface area contributed by atoms with Crippen molar-refractivity contribution < 1.29 is 26.3 Å². The number of rotatable bonds is 2. The normalized spacial score (nSPS) is 12.9. The smallest absolute Gasteiger partial charge is 0.241 e. The van der Waals surface area contributed by atoms with Crippen LogP contribution in [0.25, 0.3) is 70.8 Å². The molecule has 12 heteroatoms.